The molecule has 1 fully saturated rings. The highest BCUT2D eigenvalue weighted by atomic mass is 32.2. The molecule has 35 heavy (non-hydrogen) atoms. The second kappa shape index (κ2) is 8.96. The summed E-state index contributed by atoms with van der Waals surface area (Å²) in [4.78, 5) is 31.4. The average molecular weight is 489 g/mol. The highest BCUT2D eigenvalue weighted by molar-refractivity contribution is 8.27. The normalized spacial score (nSPS) is 18.9. The van der Waals surface area contributed by atoms with Crippen LogP contribution >= 0.6 is 11.8 Å². The number of aryl methyl sites for hydroxylation is 2. The van der Waals surface area contributed by atoms with Gasteiger partial charge in [0.1, 0.15) is 5.04 Å². The number of amides is 2. The number of carbonyl (C=O) groups excluding carboxylic acids is 2. The summed E-state index contributed by atoms with van der Waals surface area (Å²) in [5, 5.41) is 15.4. The molecule has 0 radical (unpaired) electrons. The van der Waals surface area contributed by atoms with Crippen LogP contribution in [0.5, 0.6) is 0 Å². The zero-order valence-electron chi connectivity index (χ0n) is 20.4. The number of carbonyl (C=O) groups is 2. The van der Waals surface area contributed by atoms with Gasteiger partial charge in [-0.3, -0.25) is 15.0 Å². The van der Waals surface area contributed by atoms with Gasteiger partial charge in [0, 0.05) is 30.2 Å². The number of aromatic nitrogens is 1. The van der Waals surface area contributed by atoms with Gasteiger partial charge in [0.25, 0.3) is 5.91 Å². The Morgan fingerprint density at radius 2 is 1.91 bits per heavy atom. The fourth-order valence-electron chi connectivity index (χ4n) is 4.75. The molecule has 0 spiro atoms. The number of hydrogen-bond acceptors (Lipinski definition) is 5. The third-order valence-corrected chi connectivity index (χ3v) is 7.75. The molecule has 3 aliphatic heterocycles. The fourth-order valence-corrected chi connectivity index (χ4v) is 5.62. The monoisotopic (exact) mass is 488 g/mol. The predicted molar refractivity (Wildman–Crippen MR) is 140 cm³/mol. The summed E-state index contributed by atoms with van der Waals surface area (Å²) < 4.78 is 2.17. The van der Waals surface area contributed by atoms with Crippen LogP contribution in [0.2, 0.25) is 0 Å². The zero-order chi connectivity index (χ0) is 24.9. The molecule has 180 valence electrons. The Hall–Kier alpha value is -3.46. The molecule has 4 heterocycles. The smallest absolute Gasteiger partial charge is 0.283 e. The lowest BCUT2D eigenvalue weighted by Crippen LogP contribution is -2.35. The Labute approximate surface area is 208 Å². The molecule has 3 aliphatic rings. The first-order valence-electron chi connectivity index (χ1n) is 11.8. The van der Waals surface area contributed by atoms with Crippen LogP contribution in [-0.4, -0.2) is 55.4 Å². The van der Waals surface area contributed by atoms with E-state index in [1.165, 1.54) is 27.9 Å². The van der Waals surface area contributed by atoms with Gasteiger partial charge in [-0.15, -0.1) is 0 Å². The number of nitrogens with zero attached hydrogens (tertiary/aromatic N) is 5. The molecule has 1 N–H and O–H groups in total. The quantitative estimate of drug-likeness (QED) is 0.648. The van der Waals surface area contributed by atoms with Crippen molar-refractivity contribution < 1.29 is 9.59 Å². The molecule has 2 aromatic rings. The summed E-state index contributed by atoms with van der Waals surface area (Å²) in [6, 6.07) is 8.24. The molecule has 0 aliphatic carbocycles. The largest absolute Gasteiger partial charge is 0.342 e. The Kier molecular flexibility index (Phi) is 5.96. The van der Waals surface area contributed by atoms with Gasteiger partial charge >= 0.3 is 0 Å². The maximum absolute atomic E-state index is 12.9. The Morgan fingerprint density at radius 3 is 2.66 bits per heavy atom. The highest BCUT2D eigenvalue weighted by Gasteiger charge is 2.36. The molecule has 5 rings (SSSR count). The minimum atomic E-state index is -0.465. The number of fused-ring (bicyclic) bond motifs is 1. The second-order valence-electron chi connectivity index (χ2n) is 9.16. The number of rotatable bonds is 4. The van der Waals surface area contributed by atoms with E-state index in [1.54, 1.807) is 6.08 Å². The Bertz CT molecular complexity index is 1360. The predicted octanol–water partition coefficient (Wildman–Crippen LogP) is 4.34. The van der Waals surface area contributed by atoms with Crippen molar-refractivity contribution in [3.05, 3.63) is 57.9 Å². The van der Waals surface area contributed by atoms with Gasteiger partial charge in [-0.1, -0.05) is 12.1 Å². The lowest BCUT2D eigenvalue weighted by atomic mass is 10.1. The molecule has 0 saturated carbocycles. The topological polar surface area (TPSA) is 94.1 Å². The number of amidine groups is 2. The molecule has 9 heteroatoms. The molecular formula is C26H28N6O2S. The zero-order valence-corrected chi connectivity index (χ0v) is 21.2. The van der Waals surface area contributed by atoms with Crippen LogP contribution in [0, 0.1) is 33.1 Å². The molecule has 0 atom stereocenters. The Balaban J connectivity index is 1.43. The molecule has 0 unspecified atom stereocenters. The lowest BCUT2D eigenvalue weighted by Gasteiger charge is -2.20. The van der Waals surface area contributed by atoms with Gasteiger partial charge < -0.3 is 9.47 Å². The third kappa shape index (κ3) is 4.14. The van der Waals surface area contributed by atoms with Crippen LogP contribution in [0.15, 0.2) is 39.9 Å². The van der Waals surface area contributed by atoms with Gasteiger partial charge in [0.05, 0.1) is 12.0 Å². The maximum Gasteiger partial charge on any atom is 0.283 e. The minimum absolute atomic E-state index is 0.0207. The van der Waals surface area contributed by atoms with Crippen LogP contribution in [0.25, 0.3) is 11.8 Å². The van der Waals surface area contributed by atoms with Crippen LogP contribution in [-0.2, 0) is 9.59 Å². The van der Waals surface area contributed by atoms with E-state index in [0.717, 1.165) is 48.6 Å². The van der Waals surface area contributed by atoms with Crippen LogP contribution in [0.4, 0.5) is 0 Å². The van der Waals surface area contributed by atoms with Gasteiger partial charge in [0.15, 0.2) is 5.84 Å². The van der Waals surface area contributed by atoms with Gasteiger partial charge in [-0.25, -0.2) is 0 Å². The van der Waals surface area contributed by atoms with E-state index in [0.29, 0.717) is 10.2 Å². The van der Waals surface area contributed by atoms with Crippen molar-refractivity contribution in [1.29, 1.82) is 5.41 Å². The SMILES string of the molecule is Cc1cccc(-n2c(C)cc(/C=C3\C(=N)N4N=C(CC(=O)N5CCCC5)SC4=NC3=O)c2C)c1C. The van der Waals surface area contributed by atoms with E-state index >= 15 is 0 Å². The minimum Gasteiger partial charge on any atom is -0.342 e. The van der Waals surface area contributed by atoms with Crippen molar-refractivity contribution in [2.24, 2.45) is 10.1 Å². The first-order chi connectivity index (χ1) is 16.7. The van der Waals surface area contributed by atoms with E-state index < -0.39 is 5.91 Å². The number of thioether (sulfide) groups is 1. The summed E-state index contributed by atoms with van der Waals surface area (Å²) in [6.07, 6.45) is 3.95. The first kappa shape index (κ1) is 23.3. The van der Waals surface area contributed by atoms with E-state index in [-0.39, 0.29) is 23.7 Å². The van der Waals surface area contributed by atoms with E-state index in [2.05, 4.69) is 40.6 Å². The summed E-state index contributed by atoms with van der Waals surface area (Å²) in [5.41, 5.74) is 6.58. The van der Waals surface area contributed by atoms with E-state index in [4.69, 9.17) is 5.41 Å². The van der Waals surface area contributed by atoms with Crippen molar-refractivity contribution in [3.63, 3.8) is 0 Å². The van der Waals surface area contributed by atoms with Crippen molar-refractivity contribution in [2.45, 2.75) is 47.0 Å². The molecule has 1 aromatic heterocycles. The van der Waals surface area contributed by atoms with Crippen LogP contribution in [0.3, 0.4) is 0 Å². The maximum atomic E-state index is 12.9. The van der Waals surface area contributed by atoms with Crippen molar-refractivity contribution >= 4 is 45.7 Å². The number of hydrogen-bond donors (Lipinski definition) is 1. The van der Waals surface area contributed by atoms with Crippen LogP contribution in [0.1, 0.15) is 47.3 Å². The Morgan fingerprint density at radius 1 is 1.17 bits per heavy atom. The summed E-state index contributed by atoms with van der Waals surface area (Å²) in [5.74, 6) is -0.457. The average Bonchev–Trinajstić information content (AvgIpc) is 3.54. The molecule has 1 saturated heterocycles. The van der Waals surface area contributed by atoms with Gasteiger partial charge in [-0.05, 0) is 87.2 Å². The van der Waals surface area contributed by atoms with Crippen molar-refractivity contribution in [3.8, 4) is 5.69 Å². The number of aliphatic imine (C=N–C) groups is 1. The number of nitrogens with one attached hydrogen (secondary N) is 1. The molecule has 0 bridgehead atoms. The van der Waals surface area contributed by atoms with E-state index in [9.17, 15) is 9.59 Å². The highest BCUT2D eigenvalue weighted by Crippen LogP contribution is 2.31. The van der Waals surface area contributed by atoms with Gasteiger partial charge in [-0.2, -0.15) is 15.1 Å². The molecule has 8 nitrogen and oxygen atoms in total. The summed E-state index contributed by atoms with van der Waals surface area (Å²) in [6.45, 7) is 9.81. The molecule has 2 amide bonds. The molecule has 1 aromatic carbocycles. The van der Waals surface area contributed by atoms with E-state index in [1.807, 2.05) is 30.9 Å². The first-order valence-corrected chi connectivity index (χ1v) is 12.6. The number of likely N-dealkylation sites (tertiary alicyclic amines) is 1. The standard InChI is InChI=1S/C26H28N6O2S/c1-15-8-7-9-21(17(15)3)31-16(2)12-19(18(31)4)13-20-24(27)32-26(28-25(20)34)35-22(29-32)14-23(33)30-10-5-6-11-30/h7-9,12-13,27H,5-6,10-11,14H2,1-4H3/b20-13+,27-24?. The third-order valence-electron chi connectivity index (χ3n) is 6.84. The fraction of sp³-hybridized carbons (Fsp3) is 0.346. The summed E-state index contributed by atoms with van der Waals surface area (Å²) >= 11 is 1.19. The summed E-state index contributed by atoms with van der Waals surface area (Å²) in [7, 11) is 0. The lowest BCUT2D eigenvalue weighted by molar-refractivity contribution is -0.128. The molecular weight excluding hydrogens is 460 g/mol. The van der Waals surface area contributed by atoms with Crippen molar-refractivity contribution in [2.75, 3.05) is 13.1 Å². The van der Waals surface area contributed by atoms with Gasteiger partial charge in [0.2, 0.25) is 11.1 Å². The number of hydrazone groups is 1. The second-order valence-corrected chi connectivity index (χ2v) is 10.2. The number of benzene rings is 1. The van der Waals surface area contributed by atoms with Crippen molar-refractivity contribution in [1.82, 2.24) is 14.5 Å². The van der Waals surface area contributed by atoms with Crippen LogP contribution < -0.4 is 0 Å².